The number of benzene rings is 1. The number of rotatable bonds is 4. The number of aromatic hydroxyl groups is 1. The van der Waals surface area contributed by atoms with Gasteiger partial charge in [-0.1, -0.05) is 23.8 Å². The number of carbonyl (C=O) groups excluding carboxylic acids is 1. The van der Waals surface area contributed by atoms with Gasteiger partial charge in [-0.2, -0.15) is 0 Å². The predicted molar refractivity (Wildman–Crippen MR) is 71.2 cm³/mol. The first-order chi connectivity index (χ1) is 7.91. The summed E-state index contributed by atoms with van der Waals surface area (Å²) in [5.41, 5.74) is 6.60. The number of thiocarbonyl (C=S) groups is 1. The van der Waals surface area contributed by atoms with Crippen LogP contribution < -0.4 is 5.73 Å². The molecule has 0 heterocycles. The summed E-state index contributed by atoms with van der Waals surface area (Å²) in [5, 5.41) is 9.63. The maximum atomic E-state index is 12.0. The van der Waals surface area contributed by atoms with Crippen molar-refractivity contribution in [2.75, 3.05) is 13.6 Å². The second kappa shape index (κ2) is 5.63. The summed E-state index contributed by atoms with van der Waals surface area (Å²) < 4.78 is 0. The fraction of sp³-hybridized carbons (Fsp3) is 0.333. The van der Waals surface area contributed by atoms with Crippen LogP contribution in [0.3, 0.4) is 0 Å². The van der Waals surface area contributed by atoms with Crippen molar-refractivity contribution in [2.45, 2.75) is 13.3 Å². The van der Waals surface area contributed by atoms with Gasteiger partial charge in [0.2, 0.25) is 0 Å². The molecule has 0 spiro atoms. The molecule has 17 heavy (non-hydrogen) atoms. The molecular formula is C12H16N2O2S. The molecule has 3 N–H and O–H groups in total. The molecule has 0 unspecified atom stereocenters. The SMILES string of the molecule is Cc1ccc(O)c(C(=O)N(C)CCC(N)=S)c1. The van der Waals surface area contributed by atoms with Crippen molar-refractivity contribution in [3.05, 3.63) is 29.3 Å². The highest BCUT2D eigenvalue weighted by molar-refractivity contribution is 7.80. The van der Waals surface area contributed by atoms with Gasteiger partial charge in [0.05, 0.1) is 10.6 Å². The van der Waals surface area contributed by atoms with Crippen molar-refractivity contribution >= 4 is 23.1 Å². The normalized spacial score (nSPS) is 10.0. The molecule has 0 saturated heterocycles. The van der Waals surface area contributed by atoms with Gasteiger partial charge in [0.25, 0.3) is 5.91 Å². The lowest BCUT2D eigenvalue weighted by Crippen LogP contribution is -2.30. The molecule has 0 aliphatic carbocycles. The van der Waals surface area contributed by atoms with Gasteiger partial charge in [0.15, 0.2) is 0 Å². The molecule has 0 atom stereocenters. The topological polar surface area (TPSA) is 66.6 Å². The molecule has 4 nitrogen and oxygen atoms in total. The summed E-state index contributed by atoms with van der Waals surface area (Å²) in [6, 6.07) is 4.93. The molecule has 0 bridgehead atoms. The number of aryl methyl sites for hydroxylation is 1. The van der Waals surface area contributed by atoms with E-state index in [9.17, 15) is 9.90 Å². The molecule has 0 radical (unpaired) electrons. The standard InChI is InChI=1S/C12H16N2O2S/c1-8-3-4-10(15)9(7-8)12(16)14(2)6-5-11(13)17/h3-4,7,15H,5-6H2,1-2H3,(H2,13,17). The highest BCUT2D eigenvalue weighted by Gasteiger charge is 2.15. The zero-order valence-corrected chi connectivity index (χ0v) is 10.8. The molecular weight excluding hydrogens is 236 g/mol. The average molecular weight is 252 g/mol. The molecule has 0 aromatic heterocycles. The predicted octanol–water partition coefficient (Wildman–Crippen LogP) is 1.45. The van der Waals surface area contributed by atoms with Gasteiger partial charge in [-0.05, 0) is 19.1 Å². The number of nitrogens with zero attached hydrogens (tertiary/aromatic N) is 1. The average Bonchev–Trinajstić information content (AvgIpc) is 2.28. The minimum atomic E-state index is -0.234. The molecule has 92 valence electrons. The Labute approximate surface area is 106 Å². The van der Waals surface area contributed by atoms with Crippen LogP contribution in [0, 0.1) is 6.92 Å². The van der Waals surface area contributed by atoms with Crippen LogP contribution in [0.15, 0.2) is 18.2 Å². The maximum Gasteiger partial charge on any atom is 0.257 e. The van der Waals surface area contributed by atoms with E-state index < -0.39 is 0 Å². The van der Waals surface area contributed by atoms with Gasteiger partial charge < -0.3 is 15.7 Å². The van der Waals surface area contributed by atoms with Crippen molar-refractivity contribution in [3.63, 3.8) is 0 Å². The number of nitrogens with two attached hydrogens (primary N) is 1. The zero-order chi connectivity index (χ0) is 13.0. The van der Waals surface area contributed by atoms with Crippen LogP contribution >= 0.6 is 12.2 Å². The van der Waals surface area contributed by atoms with E-state index >= 15 is 0 Å². The lowest BCUT2D eigenvalue weighted by atomic mass is 10.1. The molecule has 0 fully saturated rings. The van der Waals surface area contributed by atoms with Gasteiger partial charge in [-0.25, -0.2) is 0 Å². The van der Waals surface area contributed by atoms with Crippen LogP contribution in [0.25, 0.3) is 0 Å². The van der Waals surface area contributed by atoms with Crippen LogP contribution in [-0.2, 0) is 0 Å². The van der Waals surface area contributed by atoms with Crippen molar-refractivity contribution in [3.8, 4) is 5.75 Å². The van der Waals surface area contributed by atoms with Crippen LogP contribution in [0.2, 0.25) is 0 Å². The summed E-state index contributed by atoms with van der Waals surface area (Å²) >= 11 is 4.75. The second-order valence-electron chi connectivity index (χ2n) is 3.96. The smallest absolute Gasteiger partial charge is 0.257 e. The molecule has 0 saturated carbocycles. The Kier molecular flexibility index (Phi) is 4.45. The zero-order valence-electron chi connectivity index (χ0n) is 9.93. The molecule has 1 aromatic rings. The number of carbonyl (C=O) groups is 1. The van der Waals surface area contributed by atoms with Gasteiger partial charge >= 0.3 is 0 Å². The van der Waals surface area contributed by atoms with Gasteiger partial charge in [-0.3, -0.25) is 4.79 Å². The van der Waals surface area contributed by atoms with Crippen molar-refractivity contribution in [2.24, 2.45) is 5.73 Å². The quantitative estimate of drug-likeness (QED) is 0.796. The first-order valence-electron chi connectivity index (χ1n) is 5.25. The minimum Gasteiger partial charge on any atom is -0.507 e. The summed E-state index contributed by atoms with van der Waals surface area (Å²) in [4.78, 5) is 13.9. The third kappa shape index (κ3) is 3.71. The lowest BCUT2D eigenvalue weighted by Gasteiger charge is -2.17. The van der Waals surface area contributed by atoms with E-state index in [4.69, 9.17) is 18.0 Å². The second-order valence-corrected chi connectivity index (χ2v) is 4.49. The van der Waals surface area contributed by atoms with Gasteiger partial charge in [-0.15, -0.1) is 0 Å². The van der Waals surface area contributed by atoms with Crippen molar-refractivity contribution < 1.29 is 9.90 Å². The Morgan fingerprint density at radius 3 is 2.76 bits per heavy atom. The van der Waals surface area contributed by atoms with Crippen LogP contribution in [-0.4, -0.2) is 34.5 Å². The largest absolute Gasteiger partial charge is 0.507 e. The van der Waals surface area contributed by atoms with E-state index in [2.05, 4.69) is 0 Å². The van der Waals surface area contributed by atoms with Crippen LogP contribution in [0.5, 0.6) is 5.75 Å². The van der Waals surface area contributed by atoms with Gasteiger partial charge in [0.1, 0.15) is 5.75 Å². The Hall–Kier alpha value is -1.62. The minimum absolute atomic E-state index is 0.0113. The van der Waals surface area contributed by atoms with E-state index in [-0.39, 0.29) is 11.7 Å². The third-order valence-electron chi connectivity index (χ3n) is 2.42. The fourth-order valence-corrected chi connectivity index (χ4v) is 1.50. The van der Waals surface area contributed by atoms with Gasteiger partial charge in [0, 0.05) is 20.0 Å². The van der Waals surface area contributed by atoms with E-state index in [0.29, 0.717) is 23.5 Å². The molecule has 0 aliphatic rings. The molecule has 1 rings (SSSR count). The Balaban J connectivity index is 2.81. The Bertz CT molecular complexity index is 446. The molecule has 1 amide bonds. The summed E-state index contributed by atoms with van der Waals surface area (Å²) in [6.07, 6.45) is 0.476. The number of hydrogen-bond acceptors (Lipinski definition) is 3. The first kappa shape index (κ1) is 13.4. The van der Waals surface area contributed by atoms with E-state index in [1.54, 1.807) is 19.2 Å². The summed E-state index contributed by atoms with van der Waals surface area (Å²) in [5.74, 6) is -0.245. The number of hydrogen-bond donors (Lipinski definition) is 2. The van der Waals surface area contributed by atoms with Crippen LogP contribution in [0.4, 0.5) is 0 Å². The number of amides is 1. The third-order valence-corrected chi connectivity index (χ3v) is 2.63. The molecule has 5 heteroatoms. The summed E-state index contributed by atoms with van der Waals surface area (Å²) in [7, 11) is 1.66. The monoisotopic (exact) mass is 252 g/mol. The van der Waals surface area contributed by atoms with Crippen LogP contribution in [0.1, 0.15) is 22.3 Å². The fourth-order valence-electron chi connectivity index (χ4n) is 1.41. The summed E-state index contributed by atoms with van der Waals surface area (Å²) in [6.45, 7) is 2.31. The first-order valence-corrected chi connectivity index (χ1v) is 5.66. The Morgan fingerprint density at radius 1 is 1.53 bits per heavy atom. The number of phenolic OH excluding ortho intramolecular Hbond substituents is 1. The van der Waals surface area contributed by atoms with Crippen molar-refractivity contribution in [1.29, 1.82) is 0 Å². The highest BCUT2D eigenvalue weighted by Crippen LogP contribution is 2.19. The number of phenols is 1. The molecule has 0 aliphatic heterocycles. The Morgan fingerprint density at radius 2 is 2.18 bits per heavy atom. The van der Waals surface area contributed by atoms with Crippen molar-refractivity contribution in [1.82, 2.24) is 4.90 Å². The molecule has 1 aromatic carbocycles. The maximum absolute atomic E-state index is 12.0. The van der Waals surface area contributed by atoms with E-state index in [0.717, 1.165) is 5.56 Å². The highest BCUT2D eigenvalue weighted by atomic mass is 32.1. The lowest BCUT2D eigenvalue weighted by molar-refractivity contribution is 0.0796. The van der Waals surface area contributed by atoms with E-state index in [1.165, 1.54) is 11.0 Å². The van der Waals surface area contributed by atoms with E-state index in [1.807, 2.05) is 6.92 Å².